The molecule has 2 N–H and O–H groups in total. The van der Waals surface area contributed by atoms with Gasteiger partial charge < -0.3 is 15.3 Å². The second-order valence-electron chi connectivity index (χ2n) is 7.43. The maximum absolute atomic E-state index is 13.2. The fourth-order valence-electron chi connectivity index (χ4n) is 3.53. The van der Waals surface area contributed by atoms with Crippen molar-refractivity contribution in [3.63, 3.8) is 0 Å². The minimum absolute atomic E-state index is 0.0392. The van der Waals surface area contributed by atoms with E-state index in [0.717, 1.165) is 12.1 Å². The molecule has 166 valence electrons. The lowest BCUT2D eigenvalue weighted by molar-refractivity contribution is -0.137. The van der Waals surface area contributed by atoms with Gasteiger partial charge in [-0.2, -0.15) is 13.2 Å². The van der Waals surface area contributed by atoms with Crippen molar-refractivity contribution in [2.75, 3.05) is 35.3 Å². The number of nitrogens with one attached hydrogen (secondary N) is 1. The summed E-state index contributed by atoms with van der Waals surface area (Å²) in [5.41, 5.74) is 0.783. The lowest BCUT2D eigenvalue weighted by atomic mass is 10.1. The Morgan fingerprint density at radius 2 is 1.97 bits per heavy atom. The van der Waals surface area contributed by atoms with Gasteiger partial charge in [-0.15, -0.1) is 0 Å². The van der Waals surface area contributed by atoms with Crippen LogP contribution in [0.25, 0.3) is 11.3 Å². The minimum atomic E-state index is -4.48. The number of β-amino-alcohol motifs (C(OH)–C–C–N with tert-alkyl or cyclic N) is 1. The fraction of sp³-hybridized carbons (Fsp3) is 0.227. The van der Waals surface area contributed by atoms with Gasteiger partial charge in [0, 0.05) is 25.4 Å². The van der Waals surface area contributed by atoms with E-state index in [2.05, 4.69) is 15.3 Å². The van der Waals surface area contributed by atoms with Crippen LogP contribution in [0.4, 0.5) is 35.2 Å². The van der Waals surface area contributed by atoms with Crippen LogP contribution < -0.4 is 15.1 Å². The van der Waals surface area contributed by atoms with Crippen LogP contribution in [-0.2, 0) is 6.18 Å². The predicted molar refractivity (Wildman–Crippen MR) is 115 cm³/mol. The van der Waals surface area contributed by atoms with E-state index in [1.54, 1.807) is 42.4 Å². The van der Waals surface area contributed by atoms with Crippen molar-refractivity contribution >= 4 is 23.2 Å². The summed E-state index contributed by atoms with van der Waals surface area (Å²) < 4.78 is 39.5. The number of pyridine rings is 2. The van der Waals surface area contributed by atoms with Crippen LogP contribution in [0.15, 0.2) is 60.9 Å². The lowest BCUT2D eigenvalue weighted by Gasteiger charge is -2.24. The van der Waals surface area contributed by atoms with Crippen molar-refractivity contribution in [3.8, 4) is 11.3 Å². The van der Waals surface area contributed by atoms with Crippen LogP contribution in [-0.4, -0.2) is 47.3 Å². The molecule has 2 aromatic heterocycles. The number of nitrogens with zero attached hydrogens (tertiary/aromatic N) is 4. The molecule has 4 rings (SSSR count). The second-order valence-corrected chi connectivity index (χ2v) is 7.43. The smallest absolute Gasteiger partial charge is 0.389 e. The molecular weight excluding hydrogens is 423 g/mol. The van der Waals surface area contributed by atoms with Gasteiger partial charge in [0.15, 0.2) is 5.82 Å². The molecule has 1 aliphatic heterocycles. The summed E-state index contributed by atoms with van der Waals surface area (Å²) >= 11 is 0. The maximum atomic E-state index is 13.2. The number of benzene rings is 1. The van der Waals surface area contributed by atoms with Crippen molar-refractivity contribution in [1.82, 2.24) is 9.97 Å². The zero-order valence-corrected chi connectivity index (χ0v) is 17.0. The number of anilines is 3. The number of alkyl halides is 3. The molecule has 3 heterocycles. The van der Waals surface area contributed by atoms with E-state index < -0.39 is 23.9 Å². The Bertz CT molecular complexity index is 1120. The van der Waals surface area contributed by atoms with Gasteiger partial charge in [0.1, 0.15) is 0 Å². The van der Waals surface area contributed by atoms with Crippen LogP contribution in [0.3, 0.4) is 0 Å². The number of hydrogen-bond donors (Lipinski definition) is 2. The number of hydrogen-bond acceptors (Lipinski definition) is 5. The molecule has 1 atom stereocenters. The molecule has 3 aromatic rings. The van der Waals surface area contributed by atoms with Gasteiger partial charge in [-0.1, -0.05) is 12.1 Å². The topological polar surface area (TPSA) is 81.6 Å². The Hall–Kier alpha value is -3.66. The number of rotatable bonds is 2. The van der Waals surface area contributed by atoms with Crippen molar-refractivity contribution in [3.05, 3.63) is 66.5 Å². The highest BCUT2D eigenvalue weighted by molar-refractivity contribution is 6.03. The zero-order valence-electron chi connectivity index (χ0n) is 17.0. The van der Waals surface area contributed by atoms with E-state index in [-0.39, 0.29) is 30.2 Å². The van der Waals surface area contributed by atoms with Crippen molar-refractivity contribution < 1.29 is 23.1 Å². The molecule has 10 heteroatoms. The summed E-state index contributed by atoms with van der Waals surface area (Å²) in [6, 6.07) is 10.9. The number of amides is 2. The summed E-state index contributed by atoms with van der Waals surface area (Å²) in [5.74, 6) is 0.236. The predicted octanol–water partition coefficient (Wildman–Crippen LogP) is 4.01. The van der Waals surface area contributed by atoms with Crippen LogP contribution in [0.1, 0.15) is 5.56 Å². The first-order valence-electron chi connectivity index (χ1n) is 9.79. The number of carbonyl (C=O) groups excluding carboxylic acids is 1. The number of halogens is 3. The van der Waals surface area contributed by atoms with Crippen LogP contribution in [0.2, 0.25) is 0 Å². The van der Waals surface area contributed by atoms with Crippen LogP contribution >= 0.6 is 0 Å². The molecule has 0 spiro atoms. The molecule has 0 bridgehead atoms. The van der Waals surface area contributed by atoms with Gasteiger partial charge in [0.2, 0.25) is 0 Å². The van der Waals surface area contributed by atoms with E-state index in [1.165, 1.54) is 23.2 Å². The third kappa shape index (κ3) is 4.50. The highest BCUT2D eigenvalue weighted by Crippen LogP contribution is 2.35. The molecule has 0 unspecified atom stereocenters. The summed E-state index contributed by atoms with van der Waals surface area (Å²) in [7, 11) is 1.75. The van der Waals surface area contributed by atoms with Crippen molar-refractivity contribution in [2.45, 2.75) is 12.3 Å². The number of aliphatic hydroxyl groups excluding tert-OH is 1. The van der Waals surface area contributed by atoms with Crippen LogP contribution in [0.5, 0.6) is 0 Å². The average Bonchev–Trinajstić information content (AvgIpc) is 2.89. The van der Waals surface area contributed by atoms with Crippen molar-refractivity contribution in [1.29, 1.82) is 0 Å². The molecule has 1 aliphatic rings. The summed E-state index contributed by atoms with van der Waals surface area (Å²) in [4.78, 5) is 24.6. The average molecular weight is 443 g/mol. The standard InChI is InChI=1S/C22H20F3N5O2/c1-29-12-17(31)13-30(21(32)27-16-6-3-9-26-11-16)20-19(29)8-7-18(28-20)14-4-2-5-15(10-14)22(23,24)25/h2-11,17,31H,12-13H2,1H3,(H,27,32)/t17-/m1/s1. The summed E-state index contributed by atoms with van der Waals surface area (Å²) in [6.07, 6.45) is -2.29. The van der Waals surface area contributed by atoms with E-state index >= 15 is 0 Å². The molecule has 1 aromatic carbocycles. The second kappa shape index (κ2) is 8.46. The SMILES string of the molecule is CN1C[C@@H](O)CN(C(=O)Nc2cccnc2)c2nc(-c3cccc(C(F)(F)F)c3)ccc21. The number of likely N-dealkylation sites (N-methyl/N-ethyl adjacent to an activating group) is 1. The molecule has 0 fully saturated rings. The highest BCUT2D eigenvalue weighted by atomic mass is 19.4. The Morgan fingerprint density at radius 1 is 1.16 bits per heavy atom. The summed E-state index contributed by atoms with van der Waals surface area (Å²) in [5, 5.41) is 13.1. The quantitative estimate of drug-likeness (QED) is 0.626. The van der Waals surface area contributed by atoms with E-state index in [4.69, 9.17) is 0 Å². The van der Waals surface area contributed by atoms with Gasteiger partial charge in [-0.25, -0.2) is 9.78 Å². The zero-order chi connectivity index (χ0) is 22.9. The first-order valence-corrected chi connectivity index (χ1v) is 9.79. The Morgan fingerprint density at radius 3 is 2.69 bits per heavy atom. The number of aliphatic hydroxyl groups is 1. The molecule has 0 saturated heterocycles. The number of aromatic nitrogens is 2. The van der Waals surface area contributed by atoms with E-state index in [9.17, 15) is 23.1 Å². The largest absolute Gasteiger partial charge is 0.416 e. The summed E-state index contributed by atoms with van der Waals surface area (Å²) in [6.45, 7) is 0.219. The molecular formula is C22H20F3N5O2. The fourth-order valence-corrected chi connectivity index (χ4v) is 3.53. The van der Waals surface area contributed by atoms with E-state index in [1.807, 2.05) is 0 Å². The first kappa shape index (κ1) is 21.6. The maximum Gasteiger partial charge on any atom is 0.416 e. The monoisotopic (exact) mass is 443 g/mol. The third-order valence-corrected chi connectivity index (χ3v) is 5.04. The number of carbonyl (C=O) groups is 1. The number of fused-ring (bicyclic) bond motifs is 1. The molecule has 32 heavy (non-hydrogen) atoms. The minimum Gasteiger partial charge on any atom is -0.389 e. The molecule has 0 saturated carbocycles. The normalized spacial score (nSPS) is 16.3. The lowest BCUT2D eigenvalue weighted by Crippen LogP contribution is -2.41. The Balaban J connectivity index is 1.75. The van der Waals surface area contributed by atoms with Gasteiger partial charge in [0.05, 0.1) is 41.5 Å². The molecule has 2 amide bonds. The van der Waals surface area contributed by atoms with Gasteiger partial charge in [-0.3, -0.25) is 9.88 Å². The molecule has 0 radical (unpaired) electrons. The van der Waals surface area contributed by atoms with Gasteiger partial charge in [0.25, 0.3) is 0 Å². The van der Waals surface area contributed by atoms with E-state index in [0.29, 0.717) is 11.4 Å². The molecule has 0 aliphatic carbocycles. The van der Waals surface area contributed by atoms with Gasteiger partial charge in [-0.05, 0) is 36.4 Å². The third-order valence-electron chi connectivity index (χ3n) is 5.04. The first-order chi connectivity index (χ1) is 15.2. The molecule has 7 nitrogen and oxygen atoms in total. The highest BCUT2D eigenvalue weighted by Gasteiger charge is 2.32. The Labute approximate surface area is 182 Å². The van der Waals surface area contributed by atoms with Crippen LogP contribution in [0, 0.1) is 0 Å². The van der Waals surface area contributed by atoms with Gasteiger partial charge >= 0.3 is 12.2 Å². The Kier molecular flexibility index (Phi) is 5.70. The van der Waals surface area contributed by atoms with Crippen molar-refractivity contribution in [2.24, 2.45) is 0 Å². The number of urea groups is 1.